The number of fused-ring (bicyclic) bond motifs is 1. The van der Waals surface area contributed by atoms with Gasteiger partial charge >= 0.3 is 5.97 Å². The molecule has 2 aromatic heterocycles. The summed E-state index contributed by atoms with van der Waals surface area (Å²) in [5, 5.41) is 9.53. The Morgan fingerprint density at radius 1 is 1.24 bits per heavy atom. The molecule has 3 heterocycles. The van der Waals surface area contributed by atoms with Crippen LogP contribution in [0.5, 0.6) is 0 Å². The highest BCUT2D eigenvalue weighted by Gasteiger charge is 2.25. The fourth-order valence-electron chi connectivity index (χ4n) is 3.04. The monoisotopic (exact) mass is 358 g/mol. The lowest BCUT2D eigenvalue weighted by molar-refractivity contribution is 0.0690. The number of hydrogen-bond donors (Lipinski definition) is 1. The number of nitrogens with zero attached hydrogens (tertiary/aromatic N) is 4. The first-order valence-electron chi connectivity index (χ1n) is 7.96. The van der Waals surface area contributed by atoms with Gasteiger partial charge in [0.05, 0.1) is 12.4 Å². The van der Waals surface area contributed by atoms with Crippen molar-refractivity contribution in [3.05, 3.63) is 47.2 Å². The number of halogens is 1. The Bertz CT molecular complexity index is 917. The minimum atomic E-state index is -1.08. The maximum absolute atomic E-state index is 10.8. The third-order valence-corrected chi connectivity index (χ3v) is 4.63. The van der Waals surface area contributed by atoms with Crippen molar-refractivity contribution in [2.75, 3.05) is 18.0 Å². The van der Waals surface area contributed by atoms with Crippen molar-refractivity contribution in [3.8, 4) is 0 Å². The lowest BCUT2D eigenvalue weighted by atomic mass is 9.97. The molecule has 1 aliphatic heterocycles. The maximum Gasteiger partial charge on any atom is 0.356 e. The average molecular weight is 359 g/mol. The van der Waals surface area contributed by atoms with E-state index < -0.39 is 5.97 Å². The van der Waals surface area contributed by atoms with Gasteiger partial charge in [-0.3, -0.25) is 0 Å². The van der Waals surface area contributed by atoms with Crippen molar-refractivity contribution >= 4 is 34.5 Å². The van der Waals surface area contributed by atoms with Gasteiger partial charge in [0.25, 0.3) is 0 Å². The molecule has 1 N–H and O–H groups in total. The van der Waals surface area contributed by atoms with Crippen molar-refractivity contribution in [2.45, 2.75) is 18.8 Å². The summed E-state index contributed by atoms with van der Waals surface area (Å²) in [6.07, 6.45) is 4.55. The van der Waals surface area contributed by atoms with Crippen LogP contribution in [0.1, 0.15) is 35.1 Å². The number of oxazole rings is 1. The van der Waals surface area contributed by atoms with E-state index in [9.17, 15) is 4.79 Å². The van der Waals surface area contributed by atoms with Crippen LogP contribution in [-0.2, 0) is 0 Å². The molecular weight excluding hydrogens is 344 g/mol. The number of carboxylic acids is 1. The van der Waals surface area contributed by atoms with E-state index in [0.717, 1.165) is 42.9 Å². The highest BCUT2D eigenvalue weighted by atomic mass is 35.5. The Labute approximate surface area is 148 Å². The molecule has 0 saturated carbocycles. The Balaban J connectivity index is 1.46. The predicted molar refractivity (Wildman–Crippen MR) is 92.2 cm³/mol. The molecule has 128 valence electrons. The Kier molecular flexibility index (Phi) is 4.01. The van der Waals surface area contributed by atoms with E-state index in [0.29, 0.717) is 10.8 Å². The first-order valence-corrected chi connectivity index (χ1v) is 8.34. The molecule has 7 nitrogen and oxygen atoms in total. The molecule has 0 bridgehead atoms. The number of carboxylic acid groups (broad SMARTS) is 1. The summed E-state index contributed by atoms with van der Waals surface area (Å²) in [7, 11) is 0. The number of hydrogen-bond acceptors (Lipinski definition) is 6. The smallest absolute Gasteiger partial charge is 0.356 e. The molecule has 1 aromatic carbocycles. The molecular formula is C17H15ClN4O3. The highest BCUT2D eigenvalue weighted by Crippen LogP contribution is 2.31. The number of piperidine rings is 1. The predicted octanol–water partition coefficient (Wildman–Crippen LogP) is 3.35. The summed E-state index contributed by atoms with van der Waals surface area (Å²) in [6, 6.07) is 5.43. The number of rotatable bonds is 3. The van der Waals surface area contributed by atoms with Crippen LogP contribution in [0, 0.1) is 0 Å². The molecule has 1 saturated heterocycles. The molecule has 0 spiro atoms. The van der Waals surface area contributed by atoms with E-state index >= 15 is 0 Å². The molecule has 0 amide bonds. The van der Waals surface area contributed by atoms with Gasteiger partial charge in [0, 0.05) is 24.0 Å². The third kappa shape index (κ3) is 3.15. The van der Waals surface area contributed by atoms with Crippen molar-refractivity contribution in [1.82, 2.24) is 15.0 Å². The van der Waals surface area contributed by atoms with Gasteiger partial charge in [0.1, 0.15) is 11.3 Å². The molecule has 0 aliphatic carbocycles. The number of carbonyl (C=O) groups is 1. The van der Waals surface area contributed by atoms with Gasteiger partial charge < -0.3 is 14.4 Å². The van der Waals surface area contributed by atoms with Gasteiger partial charge in [-0.05, 0) is 31.0 Å². The summed E-state index contributed by atoms with van der Waals surface area (Å²) in [5.74, 6) is 0.597. The summed E-state index contributed by atoms with van der Waals surface area (Å²) >= 11 is 5.99. The summed E-state index contributed by atoms with van der Waals surface area (Å²) in [5.41, 5.74) is 1.47. The van der Waals surface area contributed by atoms with Crippen LogP contribution in [0.4, 0.5) is 5.82 Å². The second-order valence-corrected chi connectivity index (χ2v) is 6.43. The molecule has 0 unspecified atom stereocenters. The lowest BCUT2D eigenvalue weighted by Gasteiger charge is -2.31. The molecule has 1 aliphatic rings. The fourth-order valence-corrected chi connectivity index (χ4v) is 3.21. The van der Waals surface area contributed by atoms with Crippen molar-refractivity contribution in [1.29, 1.82) is 0 Å². The Morgan fingerprint density at radius 2 is 2.04 bits per heavy atom. The largest absolute Gasteiger partial charge is 0.476 e. The molecule has 25 heavy (non-hydrogen) atoms. The third-order valence-electron chi connectivity index (χ3n) is 4.39. The molecule has 1 fully saturated rings. The van der Waals surface area contributed by atoms with Gasteiger partial charge in [0.15, 0.2) is 17.2 Å². The van der Waals surface area contributed by atoms with Crippen LogP contribution < -0.4 is 4.90 Å². The quantitative estimate of drug-likeness (QED) is 0.767. The fraction of sp³-hybridized carbons (Fsp3) is 0.294. The summed E-state index contributed by atoms with van der Waals surface area (Å²) < 4.78 is 5.86. The van der Waals surface area contributed by atoms with Crippen LogP contribution in [-0.4, -0.2) is 39.1 Å². The average Bonchev–Trinajstić information content (AvgIpc) is 3.05. The van der Waals surface area contributed by atoms with E-state index in [1.165, 1.54) is 12.4 Å². The van der Waals surface area contributed by atoms with Crippen LogP contribution in [0.2, 0.25) is 5.02 Å². The molecule has 3 aromatic rings. The first kappa shape index (κ1) is 15.8. The van der Waals surface area contributed by atoms with E-state index in [1.54, 1.807) is 12.1 Å². The minimum Gasteiger partial charge on any atom is -0.476 e. The van der Waals surface area contributed by atoms with E-state index in [-0.39, 0.29) is 11.6 Å². The standard InChI is InChI=1S/C17H15ClN4O3/c18-11-1-2-14-12(7-11)21-16(25-14)10-3-5-22(6-4-10)15-9-19-13(8-20-15)17(23)24/h1-2,7-10H,3-6H2,(H,23,24). The van der Waals surface area contributed by atoms with Gasteiger partial charge in [0.2, 0.25) is 0 Å². The number of anilines is 1. The van der Waals surface area contributed by atoms with Crippen LogP contribution in [0.3, 0.4) is 0 Å². The number of aromatic carboxylic acids is 1. The van der Waals surface area contributed by atoms with Crippen molar-refractivity contribution in [2.24, 2.45) is 0 Å². The zero-order valence-electron chi connectivity index (χ0n) is 13.2. The second-order valence-electron chi connectivity index (χ2n) is 5.99. The lowest BCUT2D eigenvalue weighted by Crippen LogP contribution is -2.33. The van der Waals surface area contributed by atoms with E-state index in [2.05, 4.69) is 19.9 Å². The second kappa shape index (κ2) is 6.33. The Hall–Kier alpha value is -2.67. The minimum absolute atomic E-state index is 0.0521. The van der Waals surface area contributed by atoms with Crippen molar-refractivity contribution < 1.29 is 14.3 Å². The zero-order chi connectivity index (χ0) is 17.4. The summed E-state index contributed by atoms with van der Waals surface area (Å²) in [4.78, 5) is 25.6. The van der Waals surface area contributed by atoms with E-state index in [1.807, 2.05) is 6.07 Å². The normalized spacial score (nSPS) is 15.6. The molecule has 0 atom stereocenters. The van der Waals surface area contributed by atoms with Gasteiger partial charge in [-0.2, -0.15) is 0 Å². The van der Waals surface area contributed by atoms with Crippen LogP contribution in [0.25, 0.3) is 11.1 Å². The number of benzene rings is 1. The molecule has 8 heteroatoms. The SMILES string of the molecule is O=C(O)c1cnc(N2CCC(c3nc4cc(Cl)ccc4o3)CC2)cn1. The highest BCUT2D eigenvalue weighted by molar-refractivity contribution is 6.31. The topological polar surface area (TPSA) is 92.3 Å². The summed E-state index contributed by atoms with van der Waals surface area (Å²) in [6.45, 7) is 1.57. The van der Waals surface area contributed by atoms with Crippen LogP contribution >= 0.6 is 11.6 Å². The van der Waals surface area contributed by atoms with Gasteiger partial charge in [-0.1, -0.05) is 11.6 Å². The van der Waals surface area contributed by atoms with Crippen LogP contribution in [0.15, 0.2) is 35.0 Å². The molecule has 4 rings (SSSR count). The Morgan fingerprint density at radius 3 is 2.72 bits per heavy atom. The zero-order valence-corrected chi connectivity index (χ0v) is 14.0. The van der Waals surface area contributed by atoms with E-state index in [4.69, 9.17) is 21.1 Å². The number of aromatic nitrogens is 3. The van der Waals surface area contributed by atoms with Gasteiger partial charge in [-0.25, -0.2) is 19.7 Å². The molecule has 0 radical (unpaired) electrons. The maximum atomic E-state index is 10.8. The van der Waals surface area contributed by atoms with Crippen molar-refractivity contribution in [3.63, 3.8) is 0 Å². The first-order chi connectivity index (χ1) is 12.1. The van der Waals surface area contributed by atoms with Gasteiger partial charge in [-0.15, -0.1) is 0 Å².